The Kier molecular flexibility index (Phi) is 3.23. The van der Waals surface area contributed by atoms with Gasteiger partial charge in [0.2, 0.25) is 0 Å². The van der Waals surface area contributed by atoms with Crippen LogP contribution >= 0.6 is 0 Å². The molecule has 7 unspecified atom stereocenters. The van der Waals surface area contributed by atoms with E-state index in [-0.39, 0.29) is 0 Å². The van der Waals surface area contributed by atoms with Crippen LogP contribution in [-0.2, 0) is 0 Å². The molecule has 0 spiro atoms. The molecule has 0 heterocycles. The van der Waals surface area contributed by atoms with Crippen LogP contribution < -0.4 is 5.73 Å². The van der Waals surface area contributed by atoms with Gasteiger partial charge in [-0.15, -0.1) is 0 Å². The highest BCUT2D eigenvalue weighted by Crippen LogP contribution is 2.51. The third kappa shape index (κ3) is 2.16. The van der Waals surface area contributed by atoms with Crippen molar-refractivity contribution in [1.29, 1.82) is 0 Å². The summed E-state index contributed by atoms with van der Waals surface area (Å²) in [6.45, 7) is 4.86. The van der Waals surface area contributed by atoms with Crippen molar-refractivity contribution in [3.8, 4) is 0 Å². The summed E-state index contributed by atoms with van der Waals surface area (Å²) in [4.78, 5) is 0. The van der Waals surface area contributed by atoms with Crippen LogP contribution in [0, 0.1) is 35.5 Å². The molecule has 3 aliphatic carbocycles. The van der Waals surface area contributed by atoms with Crippen molar-refractivity contribution in [3.63, 3.8) is 0 Å². The van der Waals surface area contributed by atoms with Gasteiger partial charge in [0, 0.05) is 6.04 Å². The summed E-state index contributed by atoms with van der Waals surface area (Å²) < 4.78 is 0. The fraction of sp³-hybridized carbons (Fsp3) is 1.00. The summed E-state index contributed by atoms with van der Waals surface area (Å²) >= 11 is 0. The van der Waals surface area contributed by atoms with Gasteiger partial charge in [-0.2, -0.15) is 0 Å². The predicted octanol–water partition coefficient (Wildman–Crippen LogP) is 3.82. The Bertz CT molecular complexity index is 275. The summed E-state index contributed by atoms with van der Waals surface area (Å²) in [5, 5.41) is 0. The number of nitrogens with two attached hydrogens (primary N) is 1. The molecule has 2 bridgehead atoms. The van der Waals surface area contributed by atoms with E-state index >= 15 is 0 Å². The summed E-state index contributed by atoms with van der Waals surface area (Å²) in [6, 6.07) is 0.528. The Morgan fingerprint density at radius 3 is 2.29 bits per heavy atom. The smallest absolute Gasteiger partial charge is 0.00984 e. The molecule has 0 radical (unpaired) electrons. The van der Waals surface area contributed by atoms with Gasteiger partial charge in [-0.1, -0.05) is 26.7 Å². The lowest BCUT2D eigenvalue weighted by Crippen LogP contribution is -2.42. The van der Waals surface area contributed by atoms with Gasteiger partial charge in [0.05, 0.1) is 0 Å². The third-order valence-electron chi connectivity index (χ3n) is 6.47. The largest absolute Gasteiger partial charge is 0.327 e. The highest BCUT2D eigenvalue weighted by Gasteiger charge is 2.44. The molecule has 3 rings (SSSR count). The molecule has 3 saturated carbocycles. The van der Waals surface area contributed by atoms with E-state index in [2.05, 4.69) is 13.8 Å². The van der Waals surface area contributed by atoms with Crippen LogP contribution in [0.2, 0.25) is 0 Å². The number of hydrogen-bond acceptors (Lipinski definition) is 1. The molecule has 17 heavy (non-hydrogen) atoms. The number of fused-ring (bicyclic) bond motifs is 2. The lowest BCUT2D eigenvalue weighted by Gasteiger charge is -2.39. The zero-order chi connectivity index (χ0) is 12.0. The van der Waals surface area contributed by atoms with E-state index < -0.39 is 0 Å². The summed E-state index contributed by atoms with van der Waals surface area (Å²) in [7, 11) is 0. The van der Waals surface area contributed by atoms with Gasteiger partial charge < -0.3 is 5.73 Å². The molecule has 0 aromatic heterocycles. The first-order chi connectivity index (χ1) is 8.15. The fourth-order valence-corrected chi connectivity index (χ4v) is 5.05. The van der Waals surface area contributed by atoms with E-state index in [0.29, 0.717) is 6.04 Å². The monoisotopic (exact) mass is 235 g/mol. The Morgan fingerprint density at radius 2 is 1.71 bits per heavy atom. The van der Waals surface area contributed by atoms with E-state index in [0.717, 1.165) is 35.5 Å². The topological polar surface area (TPSA) is 26.0 Å². The molecule has 0 saturated heterocycles. The lowest BCUT2D eigenvalue weighted by molar-refractivity contribution is 0.138. The zero-order valence-corrected chi connectivity index (χ0v) is 11.6. The highest BCUT2D eigenvalue weighted by molar-refractivity contribution is 4.97. The molecule has 0 aliphatic heterocycles. The minimum Gasteiger partial charge on any atom is -0.327 e. The maximum atomic E-state index is 6.65. The second kappa shape index (κ2) is 4.57. The maximum absolute atomic E-state index is 6.65. The van der Waals surface area contributed by atoms with Crippen molar-refractivity contribution >= 4 is 0 Å². The van der Waals surface area contributed by atoms with E-state index in [1.165, 1.54) is 44.9 Å². The number of hydrogen-bond donors (Lipinski definition) is 1. The molecule has 0 aromatic rings. The molecule has 1 heteroatoms. The Balaban J connectivity index is 1.61. The average Bonchev–Trinajstić information content (AvgIpc) is 2.93. The van der Waals surface area contributed by atoms with E-state index in [1.807, 2.05) is 0 Å². The molecule has 0 aromatic carbocycles. The van der Waals surface area contributed by atoms with Crippen LogP contribution in [0.1, 0.15) is 58.8 Å². The first-order valence-corrected chi connectivity index (χ1v) is 7.90. The summed E-state index contributed by atoms with van der Waals surface area (Å²) in [5.41, 5.74) is 6.65. The maximum Gasteiger partial charge on any atom is 0.00984 e. The van der Waals surface area contributed by atoms with Crippen molar-refractivity contribution in [1.82, 2.24) is 0 Å². The van der Waals surface area contributed by atoms with Gasteiger partial charge >= 0.3 is 0 Å². The molecule has 0 amide bonds. The average molecular weight is 235 g/mol. The number of rotatable bonds is 2. The van der Waals surface area contributed by atoms with Crippen molar-refractivity contribution in [2.45, 2.75) is 64.8 Å². The molecule has 2 N–H and O–H groups in total. The molecule has 3 fully saturated rings. The minimum atomic E-state index is 0.528. The zero-order valence-electron chi connectivity index (χ0n) is 11.6. The quantitative estimate of drug-likeness (QED) is 0.773. The summed E-state index contributed by atoms with van der Waals surface area (Å²) in [5.74, 6) is 5.61. The molecule has 1 nitrogen and oxygen atoms in total. The van der Waals surface area contributed by atoms with Crippen molar-refractivity contribution < 1.29 is 0 Å². The van der Waals surface area contributed by atoms with E-state index in [9.17, 15) is 0 Å². The first-order valence-electron chi connectivity index (χ1n) is 7.90. The van der Waals surface area contributed by atoms with Crippen LogP contribution in [0.5, 0.6) is 0 Å². The van der Waals surface area contributed by atoms with E-state index in [4.69, 9.17) is 5.73 Å². The second-order valence-corrected chi connectivity index (χ2v) is 7.44. The summed E-state index contributed by atoms with van der Waals surface area (Å²) in [6.07, 6.45) is 10.2. The van der Waals surface area contributed by atoms with E-state index in [1.54, 1.807) is 0 Å². The van der Waals surface area contributed by atoms with Gasteiger partial charge in [0.25, 0.3) is 0 Å². The van der Waals surface area contributed by atoms with Gasteiger partial charge in [0.15, 0.2) is 0 Å². The molecular formula is C16H29N. The van der Waals surface area contributed by atoms with Crippen LogP contribution in [0.25, 0.3) is 0 Å². The van der Waals surface area contributed by atoms with Gasteiger partial charge in [0.1, 0.15) is 0 Å². The highest BCUT2D eigenvalue weighted by atomic mass is 14.7. The van der Waals surface area contributed by atoms with Crippen molar-refractivity contribution in [2.24, 2.45) is 41.2 Å². The minimum absolute atomic E-state index is 0.528. The van der Waals surface area contributed by atoms with Gasteiger partial charge in [-0.05, 0) is 67.6 Å². The molecule has 3 aliphatic rings. The second-order valence-electron chi connectivity index (χ2n) is 7.44. The van der Waals surface area contributed by atoms with Crippen LogP contribution in [0.15, 0.2) is 0 Å². The normalized spacial score (nSPS) is 51.7. The van der Waals surface area contributed by atoms with Crippen LogP contribution in [0.3, 0.4) is 0 Å². The van der Waals surface area contributed by atoms with Crippen LogP contribution in [-0.4, -0.2) is 6.04 Å². The molecule has 98 valence electrons. The third-order valence-corrected chi connectivity index (χ3v) is 6.47. The van der Waals surface area contributed by atoms with Gasteiger partial charge in [-0.3, -0.25) is 0 Å². The first kappa shape index (κ1) is 12.0. The Labute approximate surface area is 107 Å². The fourth-order valence-electron chi connectivity index (χ4n) is 5.05. The Hall–Kier alpha value is -0.0400. The molecular weight excluding hydrogens is 206 g/mol. The van der Waals surface area contributed by atoms with Gasteiger partial charge in [-0.25, -0.2) is 0 Å². The van der Waals surface area contributed by atoms with Crippen molar-refractivity contribution in [2.75, 3.05) is 0 Å². The van der Waals surface area contributed by atoms with Crippen molar-refractivity contribution in [3.05, 3.63) is 0 Å². The van der Waals surface area contributed by atoms with Crippen LogP contribution in [0.4, 0.5) is 0 Å². The standard InChI is InChI=1S/C16H29N/c1-10-3-5-14(7-11(10)2)16(17)15-9-12-4-6-13(15)8-12/h10-16H,3-9,17H2,1-2H3. The Morgan fingerprint density at radius 1 is 0.882 bits per heavy atom. The predicted molar refractivity (Wildman–Crippen MR) is 72.6 cm³/mol. The SMILES string of the molecule is CC1CCC(C(N)C2CC3CCC2C3)CC1C. The lowest BCUT2D eigenvalue weighted by atomic mass is 9.69. The molecule has 7 atom stereocenters.